The molecule has 3 rings (SSSR count). The Labute approximate surface area is 186 Å². The van der Waals surface area contributed by atoms with E-state index in [4.69, 9.17) is 4.74 Å². The summed E-state index contributed by atoms with van der Waals surface area (Å²) in [4.78, 5) is 0.172. The lowest BCUT2D eigenvalue weighted by Crippen LogP contribution is -2.39. The minimum Gasteiger partial charge on any atom is -0.494 e. The van der Waals surface area contributed by atoms with Crippen LogP contribution in [-0.2, 0) is 16.4 Å². The fourth-order valence-electron chi connectivity index (χ4n) is 4.11. The predicted octanol–water partition coefficient (Wildman–Crippen LogP) is 4.33. The Kier molecular flexibility index (Phi) is 7.81. The number of aryl methyl sites for hydroxylation is 2. The molecule has 32 heavy (non-hydrogen) atoms. The van der Waals surface area contributed by atoms with E-state index in [1.54, 1.807) is 12.4 Å². The number of hydrogen-bond donors (Lipinski definition) is 1. The van der Waals surface area contributed by atoms with Crippen molar-refractivity contribution in [1.82, 2.24) is 19.5 Å². The largest absolute Gasteiger partial charge is 0.494 e. The van der Waals surface area contributed by atoms with Crippen molar-refractivity contribution in [3.8, 4) is 5.75 Å². The van der Waals surface area contributed by atoms with Crippen LogP contribution in [0.3, 0.4) is 0 Å². The molecule has 1 aromatic heterocycles. The van der Waals surface area contributed by atoms with Crippen LogP contribution >= 0.6 is 0 Å². The lowest BCUT2D eigenvalue weighted by Gasteiger charge is -2.30. The van der Waals surface area contributed by atoms with E-state index in [2.05, 4.69) is 14.9 Å². The zero-order valence-corrected chi connectivity index (χ0v) is 19.0. The summed E-state index contributed by atoms with van der Waals surface area (Å²) in [5, 5.41) is 7.94. The standard InChI is InChI=1S/C21H29F3N4O3S/c1-3-16-12-19(31-11-5-10-21(22,23)24)8-9-20(16)32(29,30)27-17-6-4-7-18(13-17)28-14-25-26-15(28)2/h8-9,12,14,17-18,27H,3-7,10-11,13H2,1-2H3/t17-,18+/m0/s1. The van der Waals surface area contributed by atoms with Crippen molar-refractivity contribution < 1.29 is 26.3 Å². The first-order valence-corrected chi connectivity index (χ1v) is 12.3. The van der Waals surface area contributed by atoms with Gasteiger partial charge in [-0.2, -0.15) is 13.2 Å². The van der Waals surface area contributed by atoms with Gasteiger partial charge in [0, 0.05) is 18.5 Å². The fourth-order valence-corrected chi connectivity index (χ4v) is 5.69. The third-order valence-electron chi connectivity index (χ3n) is 5.69. The smallest absolute Gasteiger partial charge is 0.389 e. The van der Waals surface area contributed by atoms with Crippen LogP contribution in [0.5, 0.6) is 5.75 Å². The lowest BCUT2D eigenvalue weighted by molar-refractivity contribution is -0.136. The van der Waals surface area contributed by atoms with Crippen molar-refractivity contribution in [2.75, 3.05) is 6.61 Å². The Hall–Kier alpha value is -2.14. The average Bonchev–Trinajstić information content (AvgIpc) is 3.16. The normalized spacial score (nSPS) is 19.8. The number of nitrogens with one attached hydrogen (secondary N) is 1. The number of hydrogen-bond acceptors (Lipinski definition) is 5. The van der Waals surface area contributed by atoms with Crippen LogP contribution in [0.2, 0.25) is 0 Å². The van der Waals surface area contributed by atoms with Crippen LogP contribution in [-0.4, -0.2) is 42.0 Å². The van der Waals surface area contributed by atoms with Gasteiger partial charge >= 0.3 is 6.18 Å². The molecule has 1 heterocycles. The van der Waals surface area contributed by atoms with E-state index in [-0.39, 0.29) is 30.0 Å². The van der Waals surface area contributed by atoms with Crippen LogP contribution in [0.4, 0.5) is 13.2 Å². The van der Waals surface area contributed by atoms with Gasteiger partial charge in [-0.15, -0.1) is 10.2 Å². The SMILES string of the molecule is CCc1cc(OCCCC(F)(F)F)ccc1S(=O)(=O)N[C@H]1CCC[C@@H](n2cnnc2C)C1. The van der Waals surface area contributed by atoms with Crippen LogP contribution in [0.15, 0.2) is 29.4 Å². The molecule has 0 aliphatic heterocycles. The summed E-state index contributed by atoms with van der Waals surface area (Å²) in [6.07, 6.45) is 0.0784. The van der Waals surface area contributed by atoms with Gasteiger partial charge in [0.05, 0.1) is 11.5 Å². The van der Waals surface area contributed by atoms with Gasteiger partial charge in [0.25, 0.3) is 0 Å². The molecule has 0 bridgehead atoms. The minimum atomic E-state index is -4.22. The lowest BCUT2D eigenvalue weighted by atomic mass is 9.91. The molecule has 11 heteroatoms. The van der Waals surface area contributed by atoms with E-state index in [1.165, 1.54) is 12.1 Å². The first-order valence-electron chi connectivity index (χ1n) is 10.8. The molecule has 1 aliphatic carbocycles. The maximum Gasteiger partial charge on any atom is 0.389 e. The molecule has 0 radical (unpaired) electrons. The number of sulfonamides is 1. The maximum absolute atomic E-state index is 13.1. The van der Waals surface area contributed by atoms with Crippen molar-refractivity contribution in [3.63, 3.8) is 0 Å². The monoisotopic (exact) mass is 474 g/mol. The maximum atomic E-state index is 13.1. The Morgan fingerprint density at radius 1 is 1.28 bits per heavy atom. The van der Waals surface area contributed by atoms with Gasteiger partial charge in [0.2, 0.25) is 10.0 Å². The van der Waals surface area contributed by atoms with Gasteiger partial charge in [-0.05, 0) is 69.2 Å². The molecule has 178 valence electrons. The number of ether oxygens (including phenoxy) is 1. The average molecular weight is 475 g/mol. The zero-order valence-electron chi connectivity index (χ0n) is 18.2. The summed E-state index contributed by atoms with van der Waals surface area (Å²) in [7, 11) is -3.76. The van der Waals surface area contributed by atoms with E-state index in [0.29, 0.717) is 24.2 Å². The molecule has 2 atom stereocenters. The first-order chi connectivity index (χ1) is 15.1. The summed E-state index contributed by atoms with van der Waals surface area (Å²) in [6.45, 7) is 3.62. The van der Waals surface area contributed by atoms with Crippen molar-refractivity contribution >= 4 is 10.0 Å². The molecule has 1 N–H and O–H groups in total. The number of benzene rings is 1. The van der Waals surface area contributed by atoms with Gasteiger partial charge in [0.15, 0.2) is 0 Å². The van der Waals surface area contributed by atoms with Crippen molar-refractivity contribution in [2.45, 2.75) is 81.9 Å². The van der Waals surface area contributed by atoms with Gasteiger partial charge in [-0.25, -0.2) is 13.1 Å². The third kappa shape index (κ3) is 6.44. The van der Waals surface area contributed by atoms with E-state index < -0.39 is 22.6 Å². The highest BCUT2D eigenvalue weighted by molar-refractivity contribution is 7.89. The van der Waals surface area contributed by atoms with Gasteiger partial charge in [-0.1, -0.05) is 6.92 Å². The van der Waals surface area contributed by atoms with Crippen LogP contribution in [0, 0.1) is 6.92 Å². The summed E-state index contributed by atoms with van der Waals surface area (Å²) in [6, 6.07) is 4.48. The second kappa shape index (κ2) is 10.2. The molecule has 0 spiro atoms. The molecule has 1 saturated carbocycles. The topological polar surface area (TPSA) is 86.1 Å². The summed E-state index contributed by atoms with van der Waals surface area (Å²) >= 11 is 0. The molecule has 2 aromatic rings. The quantitative estimate of drug-likeness (QED) is 0.547. The molecule has 1 aliphatic rings. The molecular formula is C21H29F3N4O3S. The van der Waals surface area contributed by atoms with Gasteiger partial charge < -0.3 is 9.30 Å². The zero-order chi connectivity index (χ0) is 23.4. The summed E-state index contributed by atoms with van der Waals surface area (Å²) in [5.74, 6) is 1.17. The Balaban J connectivity index is 1.66. The number of aromatic nitrogens is 3. The molecule has 7 nitrogen and oxygen atoms in total. The Bertz CT molecular complexity index is 1010. The van der Waals surface area contributed by atoms with Crippen LogP contribution in [0.1, 0.15) is 62.9 Å². The molecule has 0 amide bonds. The van der Waals surface area contributed by atoms with E-state index in [0.717, 1.165) is 25.1 Å². The van der Waals surface area contributed by atoms with Gasteiger partial charge in [0.1, 0.15) is 17.9 Å². The second-order valence-electron chi connectivity index (χ2n) is 8.11. The third-order valence-corrected chi connectivity index (χ3v) is 7.31. The fraction of sp³-hybridized carbons (Fsp3) is 0.619. The number of halogens is 3. The molecule has 1 fully saturated rings. The molecular weight excluding hydrogens is 445 g/mol. The van der Waals surface area contributed by atoms with E-state index >= 15 is 0 Å². The number of alkyl halides is 3. The highest BCUT2D eigenvalue weighted by Gasteiger charge is 2.29. The minimum absolute atomic E-state index is 0.0843. The Morgan fingerprint density at radius 3 is 2.72 bits per heavy atom. The summed E-state index contributed by atoms with van der Waals surface area (Å²) < 4.78 is 73.2. The molecule has 0 unspecified atom stereocenters. The van der Waals surface area contributed by atoms with Crippen molar-refractivity contribution in [1.29, 1.82) is 0 Å². The molecule has 1 aromatic carbocycles. The van der Waals surface area contributed by atoms with E-state index in [1.807, 2.05) is 18.4 Å². The Morgan fingerprint density at radius 2 is 2.06 bits per heavy atom. The number of rotatable bonds is 9. The first kappa shape index (κ1) is 24.5. The number of nitrogens with zero attached hydrogens (tertiary/aromatic N) is 3. The highest BCUT2D eigenvalue weighted by Crippen LogP contribution is 2.31. The molecule has 0 saturated heterocycles. The highest BCUT2D eigenvalue weighted by atomic mass is 32.2. The van der Waals surface area contributed by atoms with Crippen LogP contribution in [0.25, 0.3) is 0 Å². The van der Waals surface area contributed by atoms with E-state index in [9.17, 15) is 21.6 Å². The summed E-state index contributed by atoms with van der Waals surface area (Å²) in [5.41, 5.74) is 0.563. The van der Waals surface area contributed by atoms with Crippen molar-refractivity contribution in [3.05, 3.63) is 35.9 Å². The van der Waals surface area contributed by atoms with Gasteiger partial charge in [-0.3, -0.25) is 0 Å². The van der Waals surface area contributed by atoms with Crippen LogP contribution < -0.4 is 9.46 Å². The predicted molar refractivity (Wildman–Crippen MR) is 113 cm³/mol. The second-order valence-corrected chi connectivity index (χ2v) is 9.80. The van der Waals surface area contributed by atoms with Crippen molar-refractivity contribution in [2.24, 2.45) is 0 Å².